The highest BCUT2D eigenvalue weighted by atomic mass is 79.9. The quantitative estimate of drug-likeness (QED) is 0.656. The largest absolute Gasteiger partial charge is 0.207 e. The van der Waals surface area contributed by atoms with Gasteiger partial charge in [0.15, 0.2) is 0 Å². The highest BCUT2D eigenvalue weighted by Crippen LogP contribution is 2.39. The molecule has 0 fully saturated rings. The lowest BCUT2D eigenvalue weighted by Gasteiger charge is -2.11. The third-order valence-electron chi connectivity index (χ3n) is 2.30. The Bertz CT molecular complexity index is 509. The molecule has 0 saturated carbocycles. The van der Waals surface area contributed by atoms with Gasteiger partial charge in [-0.3, -0.25) is 0 Å². The minimum Gasteiger partial charge on any atom is -0.207 e. The first-order valence-electron chi connectivity index (χ1n) is 4.72. The average Bonchev–Trinajstić information content (AvgIpc) is 2.67. The van der Waals surface area contributed by atoms with E-state index in [0.717, 1.165) is 10.4 Å². The van der Waals surface area contributed by atoms with Crippen LogP contribution in [-0.4, -0.2) is 0 Å². The summed E-state index contributed by atoms with van der Waals surface area (Å²) in [6.07, 6.45) is 0. The van der Waals surface area contributed by atoms with Gasteiger partial charge in [-0.2, -0.15) is 0 Å². The van der Waals surface area contributed by atoms with E-state index in [-0.39, 0.29) is 10.6 Å². The molecule has 0 aliphatic carbocycles. The Morgan fingerprint density at radius 2 is 2.12 bits per heavy atom. The van der Waals surface area contributed by atoms with Crippen molar-refractivity contribution in [1.82, 2.24) is 0 Å². The summed E-state index contributed by atoms with van der Waals surface area (Å²) in [6.45, 7) is 1.94. The van der Waals surface area contributed by atoms with Crippen LogP contribution in [0.5, 0.6) is 0 Å². The highest BCUT2D eigenvalue weighted by Gasteiger charge is 2.18. The molecule has 84 valence electrons. The molecule has 0 radical (unpaired) electrons. The van der Waals surface area contributed by atoms with Gasteiger partial charge in [-0.25, -0.2) is 4.39 Å². The molecule has 0 aliphatic rings. The molecule has 1 aromatic carbocycles. The number of thiophene rings is 1. The van der Waals surface area contributed by atoms with Gasteiger partial charge in [0, 0.05) is 10.4 Å². The van der Waals surface area contributed by atoms with Crippen LogP contribution >= 0.6 is 38.9 Å². The summed E-state index contributed by atoms with van der Waals surface area (Å²) in [6, 6.07) is 6.91. The van der Waals surface area contributed by atoms with E-state index < -0.39 is 0 Å². The summed E-state index contributed by atoms with van der Waals surface area (Å²) >= 11 is 11.1. The lowest BCUT2D eigenvalue weighted by molar-refractivity contribution is 0.613. The smallest absolute Gasteiger partial charge is 0.127 e. The molecule has 0 N–H and O–H groups in total. The number of hydrogen-bond donors (Lipinski definition) is 0. The van der Waals surface area contributed by atoms with Crippen LogP contribution in [0.15, 0.2) is 29.6 Å². The standard InChI is InChI=1S/C12H9BrClFS/c1-7-2-3-10(15)8(6-7)11(13)12-9(14)4-5-16-12/h2-6,11H,1H3. The van der Waals surface area contributed by atoms with E-state index in [1.807, 2.05) is 24.4 Å². The Labute approximate surface area is 111 Å². The zero-order chi connectivity index (χ0) is 11.7. The van der Waals surface area contributed by atoms with Gasteiger partial charge in [-0.1, -0.05) is 45.2 Å². The van der Waals surface area contributed by atoms with Crippen molar-refractivity contribution in [2.24, 2.45) is 0 Å². The van der Waals surface area contributed by atoms with Crippen LogP contribution in [0.1, 0.15) is 20.8 Å². The molecular formula is C12H9BrClFS. The highest BCUT2D eigenvalue weighted by molar-refractivity contribution is 9.09. The van der Waals surface area contributed by atoms with Crippen molar-refractivity contribution in [1.29, 1.82) is 0 Å². The van der Waals surface area contributed by atoms with Gasteiger partial charge < -0.3 is 0 Å². The van der Waals surface area contributed by atoms with Gasteiger partial charge in [0.05, 0.1) is 9.85 Å². The molecule has 1 atom stereocenters. The summed E-state index contributed by atoms with van der Waals surface area (Å²) in [5, 5.41) is 2.58. The molecular weight excluding hydrogens is 311 g/mol. The van der Waals surface area contributed by atoms with Gasteiger partial charge in [0.25, 0.3) is 0 Å². The summed E-state index contributed by atoms with van der Waals surface area (Å²) in [5.41, 5.74) is 1.66. The number of rotatable bonds is 2. The second kappa shape index (κ2) is 4.86. The zero-order valence-corrected chi connectivity index (χ0v) is 11.7. The molecule has 16 heavy (non-hydrogen) atoms. The van der Waals surface area contributed by atoms with Gasteiger partial charge in [-0.05, 0) is 24.4 Å². The minimum absolute atomic E-state index is 0.181. The number of halogens is 3. The Balaban J connectivity index is 2.45. The lowest BCUT2D eigenvalue weighted by atomic mass is 10.1. The van der Waals surface area contributed by atoms with E-state index in [0.29, 0.717) is 10.6 Å². The van der Waals surface area contributed by atoms with Crippen LogP contribution in [0.2, 0.25) is 5.02 Å². The summed E-state index contributed by atoms with van der Waals surface area (Å²) < 4.78 is 13.7. The topological polar surface area (TPSA) is 0 Å². The molecule has 0 bridgehead atoms. The van der Waals surface area contributed by atoms with Gasteiger partial charge in [-0.15, -0.1) is 11.3 Å². The first-order valence-corrected chi connectivity index (χ1v) is 6.90. The summed E-state index contributed by atoms with van der Waals surface area (Å²) in [7, 11) is 0. The van der Waals surface area contributed by atoms with Gasteiger partial charge >= 0.3 is 0 Å². The number of benzene rings is 1. The Morgan fingerprint density at radius 3 is 2.75 bits per heavy atom. The predicted molar refractivity (Wildman–Crippen MR) is 71.2 cm³/mol. The van der Waals surface area contributed by atoms with E-state index in [9.17, 15) is 4.39 Å². The molecule has 0 amide bonds. The molecule has 0 saturated heterocycles. The van der Waals surface area contributed by atoms with Crippen LogP contribution in [0.25, 0.3) is 0 Å². The third-order valence-corrected chi connectivity index (χ3v) is 4.98. The van der Waals surface area contributed by atoms with Crippen LogP contribution in [0, 0.1) is 12.7 Å². The van der Waals surface area contributed by atoms with Crippen molar-refractivity contribution in [3.63, 3.8) is 0 Å². The van der Waals surface area contributed by atoms with Crippen LogP contribution in [0.4, 0.5) is 4.39 Å². The van der Waals surface area contributed by atoms with Crippen LogP contribution in [-0.2, 0) is 0 Å². The molecule has 2 rings (SSSR count). The third kappa shape index (κ3) is 2.31. The van der Waals surface area contributed by atoms with Crippen molar-refractivity contribution in [3.05, 3.63) is 56.5 Å². The Morgan fingerprint density at radius 1 is 1.38 bits per heavy atom. The lowest BCUT2D eigenvalue weighted by Crippen LogP contribution is -1.95. The monoisotopic (exact) mass is 318 g/mol. The SMILES string of the molecule is Cc1ccc(F)c(C(Br)c2sccc2Cl)c1. The van der Waals surface area contributed by atoms with Crippen LogP contribution < -0.4 is 0 Å². The van der Waals surface area contributed by atoms with E-state index >= 15 is 0 Å². The van der Waals surface area contributed by atoms with Crippen molar-refractivity contribution in [3.8, 4) is 0 Å². The summed E-state index contributed by atoms with van der Waals surface area (Å²) in [4.78, 5) is 0.756. The van der Waals surface area contributed by atoms with Gasteiger partial charge in [0.1, 0.15) is 5.82 Å². The average molecular weight is 320 g/mol. The first-order chi connectivity index (χ1) is 7.59. The molecule has 0 aliphatic heterocycles. The van der Waals surface area contributed by atoms with Crippen molar-refractivity contribution in [2.45, 2.75) is 11.8 Å². The van der Waals surface area contributed by atoms with Crippen molar-refractivity contribution < 1.29 is 4.39 Å². The van der Waals surface area contributed by atoms with Crippen LogP contribution in [0.3, 0.4) is 0 Å². The van der Waals surface area contributed by atoms with E-state index in [1.165, 1.54) is 17.4 Å². The molecule has 0 spiro atoms. The fourth-order valence-electron chi connectivity index (χ4n) is 1.48. The molecule has 1 heterocycles. The normalized spacial score (nSPS) is 12.8. The van der Waals surface area contributed by atoms with Gasteiger partial charge in [0.2, 0.25) is 0 Å². The summed E-state index contributed by atoms with van der Waals surface area (Å²) in [5.74, 6) is -0.211. The molecule has 1 unspecified atom stereocenters. The maximum atomic E-state index is 13.7. The molecule has 2 aromatic rings. The Hall–Kier alpha value is -0.380. The number of aryl methyl sites for hydroxylation is 1. The molecule has 4 heteroatoms. The van der Waals surface area contributed by atoms with Crippen molar-refractivity contribution in [2.75, 3.05) is 0 Å². The maximum absolute atomic E-state index is 13.7. The second-order valence-corrected chi connectivity index (χ2v) is 5.79. The fourth-order valence-corrected chi connectivity index (χ4v) is 3.70. The van der Waals surface area contributed by atoms with E-state index in [4.69, 9.17) is 11.6 Å². The Kier molecular flexibility index (Phi) is 3.67. The predicted octanol–water partition coefficient (Wildman–Crippen LogP) is 5.33. The maximum Gasteiger partial charge on any atom is 0.127 e. The first kappa shape index (κ1) is 12.1. The zero-order valence-electron chi connectivity index (χ0n) is 8.51. The molecule has 1 aromatic heterocycles. The fraction of sp³-hybridized carbons (Fsp3) is 0.167. The second-order valence-electron chi connectivity index (χ2n) is 3.52. The van der Waals surface area contributed by atoms with Crippen molar-refractivity contribution >= 4 is 38.9 Å². The minimum atomic E-state index is -0.211. The number of hydrogen-bond acceptors (Lipinski definition) is 1. The molecule has 0 nitrogen and oxygen atoms in total. The van der Waals surface area contributed by atoms with E-state index in [2.05, 4.69) is 15.9 Å². The van der Waals surface area contributed by atoms with E-state index in [1.54, 1.807) is 6.07 Å². The number of alkyl halides is 1.